The standard InChI is InChI=1S/C10H9N3O2/c14-10(15)7-12-5-6-13(8-12)9-3-1-2-4-11-9/h1-6H,7H2,(H,14,15). The lowest BCUT2D eigenvalue weighted by Crippen LogP contribution is -2.24. The van der Waals surface area contributed by atoms with E-state index in [-0.39, 0.29) is 6.54 Å². The summed E-state index contributed by atoms with van der Waals surface area (Å²) < 4.78 is 0. The number of carboxylic acids is 1. The van der Waals surface area contributed by atoms with Crippen LogP contribution in [0.3, 0.4) is 0 Å². The van der Waals surface area contributed by atoms with E-state index in [1.54, 1.807) is 23.5 Å². The van der Waals surface area contributed by atoms with Crippen LogP contribution in [0, 0.1) is 6.67 Å². The van der Waals surface area contributed by atoms with Crippen LogP contribution in [0.25, 0.3) is 0 Å². The Morgan fingerprint density at radius 3 is 3.00 bits per heavy atom. The summed E-state index contributed by atoms with van der Waals surface area (Å²) >= 11 is 0. The van der Waals surface area contributed by atoms with Crippen LogP contribution in [0.5, 0.6) is 0 Å². The third-order valence-electron chi connectivity index (χ3n) is 1.83. The first-order chi connectivity index (χ1) is 7.25. The summed E-state index contributed by atoms with van der Waals surface area (Å²) in [5, 5.41) is 8.58. The quantitative estimate of drug-likeness (QED) is 0.785. The van der Waals surface area contributed by atoms with E-state index in [9.17, 15) is 4.79 Å². The Hall–Kier alpha value is -2.04. The van der Waals surface area contributed by atoms with Crippen LogP contribution in [-0.4, -0.2) is 27.5 Å². The molecule has 1 aromatic heterocycles. The fourth-order valence-electron chi connectivity index (χ4n) is 1.21. The van der Waals surface area contributed by atoms with E-state index in [1.165, 1.54) is 4.90 Å². The third-order valence-corrected chi connectivity index (χ3v) is 1.83. The number of hydrogen-bond donors (Lipinski definition) is 1. The van der Waals surface area contributed by atoms with Crippen LogP contribution in [-0.2, 0) is 4.79 Å². The van der Waals surface area contributed by atoms with Crippen molar-refractivity contribution in [3.05, 3.63) is 43.5 Å². The van der Waals surface area contributed by atoms with E-state index in [4.69, 9.17) is 5.11 Å². The monoisotopic (exact) mass is 203 g/mol. The maximum atomic E-state index is 10.4. The molecule has 0 spiro atoms. The van der Waals surface area contributed by atoms with Gasteiger partial charge in [-0.05, 0) is 12.1 Å². The zero-order valence-electron chi connectivity index (χ0n) is 7.87. The summed E-state index contributed by atoms with van der Waals surface area (Å²) in [6.07, 6.45) is 5.03. The van der Waals surface area contributed by atoms with Crippen molar-refractivity contribution < 1.29 is 9.90 Å². The van der Waals surface area contributed by atoms with Gasteiger partial charge in [-0.2, -0.15) is 0 Å². The van der Waals surface area contributed by atoms with Crippen molar-refractivity contribution in [3.8, 4) is 0 Å². The van der Waals surface area contributed by atoms with Crippen molar-refractivity contribution in [3.63, 3.8) is 0 Å². The van der Waals surface area contributed by atoms with E-state index in [0.29, 0.717) is 5.82 Å². The number of aromatic nitrogens is 1. The second-order valence-corrected chi connectivity index (χ2v) is 2.98. The molecule has 0 saturated heterocycles. The number of rotatable bonds is 3. The van der Waals surface area contributed by atoms with E-state index in [1.807, 2.05) is 18.2 Å². The third kappa shape index (κ3) is 2.25. The lowest BCUT2D eigenvalue weighted by Gasteiger charge is -2.16. The van der Waals surface area contributed by atoms with E-state index in [2.05, 4.69) is 11.7 Å². The number of pyridine rings is 1. The summed E-state index contributed by atoms with van der Waals surface area (Å²) in [5.74, 6) is -0.184. The van der Waals surface area contributed by atoms with Crippen molar-refractivity contribution >= 4 is 11.8 Å². The molecule has 0 fully saturated rings. The second-order valence-electron chi connectivity index (χ2n) is 2.98. The van der Waals surface area contributed by atoms with Crippen LogP contribution in [0.2, 0.25) is 0 Å². The number of carbonyl (C=O) groups is 1. The fraction of sp³-hybridized carbons (Fsp3) is 0.100. The molecule has 1 aliphatic rings. The molecule has 0 aliphatic carbocycles. The van der Waals surface area contributed by atoms with Crippen molar-refractivity contribution in [1.82, 2.24) is 9.88 Å². The molecule has 2 rings (SSSR count). The molecule has 0 aromatic carbocycles. The summed E-state index contributed by atoms with van der Waals surface area (Å²) in [6.45, 7) is 2.75. The van der Waals surface area contributed by atoms with Crippen molar-refractivity contribution in [1.29, 1.82) is 0 Å². The van der Waals surface area contributed by atoms with Gasteiger partial charge in [-0.1, -0.05) is 6.07 Å². The van der Waals surface area contributed by atoms with Gasteiger partial charge in [0.2, 0.25) is 6.67 Å². The lowest BCUT2D eigenvalue weighted by molar-refractivity contribution is -0.137. The maximum Gasteiger partial charge on any atom is 0.323 e. The van der Waals surface area contributed by atoms with Crippen LogP contribution in [0.15, 0.2) is 36.8 Å². The molecule has 2 radical (unpaired) electrons. The predicted octanol–water partition coefficient (Wildman–Crippen LogP) is 0.756. The highest BCUT2D eigenvalue weighted by Crippen LogP contribution is 2.18. The number of nitrogens with zero attached hydrogens (tertiary/aromatic N) is 3. The lowest BCUT2D eigenvalue weighted by atomic mass is 10.4. The van der Waals surface area contributed by atoms with Gasteiger partial charge in [0.15, 0.2) is 0 Å². The first-order valence-corrected chi connectivity index (χ1v) is 4.39. The fourth-order valence-corrected chi connectivity index (χ4v) is 1.21. The highest BCUT2D eigenvalue weighted by atomic mass is 16.4. The Labute approximate surface area is 87.3 Å². The Morgan fingerprint density at radius 1 is 1.47 bits per heavy atom. The summed E-state index contributed by atoms with van der Waals surface area (Å²) in [6, 6.07) is 5.50. The van der Waals surface area contributed by atoms with Crippen molar-refractivity contribution in [2.75, 3.05) is 11.4 Å². The van der Waals surface area contributed by atoms with Gasteiger partial charge < -0.3 is 10.0 Å². The van der Waals surface area contributed by atoms with Crippen LogP contribution in [0.4, 0.5) is 5.82 Å². The highest BCUT2D eigenvalue weighted by molar-refractivity contribution is 5.69. The molecule has 2 heterocycles. The maximum absolute atomic E-state index is 10.4. The minimum absolute atomic E-state index is 0.0974. The molecule has 76 valence electrons. The zero-order valence-corrected chi connectivity index (χ0v) is 7.87. The van der Waals surface area contributed by atoms with Gasteiger partial charge in [-0.15, -0.1) is 0 Å². The first-order valence-electron chi connectivity index (χ1n) is 4.39. The van der Waals surface area contributed by atoms with Crippen LogP contribution < -0.4 is 4.90 Å². The van der Waals surface area contributed by atoms with E-state index < -0.39 is 5.97 Å². The normalized spacial score (nSPS) is 14.7. The summed E-state index contributed by atoms with van der Waals surface area (Å²) in [4.78, 5) is 17.7. The molecule has 1 aromatic rings. The average Bonchev–Trinajstić information content (AvgIpc) is 2.67. The molecule has 5 nitrogen and oxygen atoms in total. The van der Waals surface area contributed by atoms with Gasteiger partial charge in [-0.3, -0.25) is 9.69 Å². The van der Waals surface area contributed by atoms with Gasteiger partial charge in [0, 0.05) is 18.6 Å². The molecule has 15 heavy (non-hydrogen) atoms. The van der Waals surface area contributed by atoms with E-state index in [0.717, 1.165) is 0 Å². The molecular weight excluding hydrogens is 194 g/mol. The smallest absolute Gasteiger partial charge is 0.323 e. The Morgan fingerprint density at radius 2 is 2.33 bits per heavy atom. The first kappa shape index (κ1) is 9.51. The SMILES string of the molecule is O=C(O)CN1[C]N(c2ccccn2)C=C1. The molecule has 0 atom stereocenters. The highest BCUT2D eigenvalue weighted by Gasteiger charge is 2.18. The topological polar surface area (TPSA) is 56.7 Å². The minimum atomic E-state index is -0.893. The minimum Gasteiger partial charge on any atom is -0.480 e. The molecule has 0 saturated carbocycles. The molecule has 1 aliphatic heterocycles. The molecule has 5 heteroatoms. The largest absolute Gasteiger partial charge is 0.480 e. The molecular formula is C10H9N3O2. The predicted molar refractivity (Wildman–Crippen MR) is 53.4 cm³/mol. The van der Waals surface area contributed by atoms with Gasteiger partial charge in [0.25, 0.3) is 0 Å². The van der Waals surface area contributed by atoms with Crippen molar-refractivity contribution in [2.45, 2.75) is 0 Å². The van der Waals surface area contributed by atoms with E-state index >= 15 is 0 Å². The van der Waals surface area contributed by atoms with Gasteiger partial charge >= 0.3 is 5.97 Å². The number of hydrogen-bond acceptors (Lipinski definition) is 4. The van der Waals surface area contributed by atoms with Crippen LogP contribution in [0.1, 0.15) is 0 Å². The number of aliphatic carboxylic acids is 1. The second kappa shape index (κ2) is 4.00. The number of carboxylic acid groups (broad SMARTS) is 1. The summed E-state index contributed by atoms with van der Waals surface area (Å²) in [7, 11) is 0. The summed E-state index contributed by atoms with van der Waals surface area (Å²) in [5.41, 5.74) is 0. The molecule has 0 amide bonds. The molecule has 0 unspecified atom stereocenters. The Balaban J connectivity index is 2.00. The Bertz CT molecular complexity index is 378. The van der Waals surface area contributed by atoms with Gasteiger partial charge in [0.05, 0.1) is 0 Å². The molecule has 0 bridgehead atoms. The van der Waals surface area contributed by atoms with Crippen LogP contribution >= 0.6 is 0 Å². The average molecular weight is 203 g/mol. The molecule has 1 N–H and O–H groups in total. The van der Waals surface area contributed by atoms with Gasteiger partial charge in [0.1, 0.15) is 12.4 Å². The number of anilines is 1. The van der Waals surface area contributed by atoms with Gasteiger partial charge in [-0.25, -0.2) is 4.98 Å². The Kier molecular flexibility index (Phi) is 2.53. The zero-order chi connectivity index (χ0) is 10.7. The van der Waals surface area contributed by atoms with Crippen molar-refractivity contribution in [2.24, 2.45) is 0 Å².